The number of nitrogens with zero attached hydrogens (tertiary/aromatic N) is 1. The Morgan fingerprint density at radius 3 is 2.74 bits per heavy atom. The van der Waals surface area contributed by atoms with E-state index in [9.17, 15) is 10.2 Å². The van der Waals surface area contributed by atoms with Crippen molar-refractivity contribution in [1.29, 1.82) is 0 Å². The van der Waals surface area contributed by atoms with Crippen LogP contribution in [0.25, 0.3) is 0 Å². The Labute approximate surface area is 142 Å². The van der Waals surface area contributed by atoms with Crippen molar-refractivity contribution in [2.24, 2.45) is 5.16 Å². The lowest BCUT2D eigenvalue weighted by Gasteiger charge is -2.39. The molecule has 1 aromatic rings. The number of rotatable bonds is 4. The summed E-state index contributed by atoms with van der Waals surface area (Å²) >= 11 is 5.59. The van der Waals surface area contributed by atoms with Crippen molar-refractivity contribution in [2.45, 2.75) is 51.0 Å². The summed E-state index contributed by atoms with van der Waals surface area (Å²) in [7, 11) is 1.76. The van der Waals surface area contributed by atoms with Crippen LogP contribution in [0.1, 0.15) is 45.1 Å². The average molecular weight is 336 g/mol. The monoisotopic (exact) mass is 336 g/mol. The molecule has 1 atom stereocenters. The summed E-state index contributed by atoms with van der Waals surface area (Å²) in [4.78, 5) is 6.05. The topological polar surface area (TPSA) is 74.1 Å². The van der Waals surface area contributed by atoms with Gasteiger partial charge in [-0.1, -0.05) is 23.8 Å². The van der Waals surface area contributed by atoms with Crippen LogP contribution in [0.5, 0.6) is 11.5 Å². The van der Waals surface area contributed by atoms with Gasteiger partial charge in [-0.3, -0.25) is 0 Å². The smallest absolute Gasteiger partial charge is 0.122 e. The Hall–Kier alpha value is -1.82. The SMILES string of the molecule is CNC(=S)C1(c2cc(O)ccc2O)CCCCC1=NOC(C)C. The van der Waals surface area contributed by atoms with Crippen molar-refractivity contribution >= 4 is 22.9 Å². The predicted molar refractivity (Wildman–Crippen MR) is 95.2 cm³/mol. The summed E-state index contributed by atoms with van der Waals surface area (Å²) in [6.45, 7) is 3.83. The Bertz CT molecular complexity index is 616. The molecule has 0 spiro atoms. The molecular formula is C17H24N2O3S. The highest BCUT2D eigenvalue weighted by Gasteiger charge is 2.45. The molecule has 1 fully saturated rings. The van der Waals surface area contributed by atoms with Crippen LogP contribution >= 0.6 is 12.2 Å². The van der Waals surface area contributed by atoms with E-state index in [1.165, 1.54) is 12.1 Å². The second kappa shape index (κ2) is 7.17. The molecule has 3 N–H and O–H groups in total. The number of likely N-dealkylation sites (N-methyl/N-ethyl adjacent to an activating group) is 1. The molecule has 1 aliphatic rings. The van der Waals surface area contributed by atoms with Crippen LogP contribution < -0.4 is 5.32 Å². The second-order valence-corrected chi connectivity index (χ2v) is 6.49. The van der Waals surface area contributed by atoms with Gasteiger partial charge in [0, 0.05) is 12.6 Å². The third-order valence-electron chi connectivity index (χ3n) is 4.14. The average Bonchev–Trinajstić information content (AvgIpc) is 2.54. The molecule has 126 valence electrons. The van der Waals surface area contributed by atoms with E-state index in [0.29, 0.717) is 17.0 Å². The van der Waals surface area contributed by atoms with Gasteiger partial charge in [-0.25, -0.2) is 0 Å². The predicted octanol–water partition coefficient (Wildman–Crippen LogP) is 3.24. The molecule has 0 amide bonds. The summed E-state index contributed by atoms with van der Waals surface area (Å²) < 4.78 is 0. The number of hydrogen-bond acceptors (Lipinski definition) is 5. The summed E-state index contributed by atoms with van der Waals surface area (Å²) in [6, 6.07) is 4.51. The number of oxime groups is 1. The van der Waals surface area contributed by atoms with Crippen LogP contribution in [-0.4, -0.2) is 34.1 Å². The van der Waals surface area contributed by atoms with E-state index in [1.807, 2.05) is 13.8 Å². The van der Waals surface area contributed by atoms with Gasteiger partial charge in [-0.2, -0.15) is 0 Å². The Morgan fingerprint density at radius 2 is 2.09 bits per heavy atom. The number of hydrogen-bond donors (Lipinski definition) is 3. The molecule has 23 heavy (non-hydrogen) atoms. The number of phenolic OH excluding ortho intramolecular Hbond substituents is 2. The highest BCUT2D eigenvalue weighted by Crippen LogP contribution is 2.43. The van der Waals surface area contributed by atoms with Gasteiger partial charge >= 0.3 is 0 Å². The van der Waals surface area contributed by atoms with Crippen molar-refractivity contribution in [2.75, 3.05) is 7.05 Å². The number of thiocarbonyl (C=S) groups is 1. The molecule has 5 nitrogen and oxygen atoms in total. The van der Waals surface area contributed by atoms with Crippen molar-refractivity contribution in [3.05, 3.63) is 23.8 Å². The van der Waals surface area contributed by atoms with Gasteiger partial charge < -0.3 is 20.4 Å². The van der Waals surface area contributed by atoms with E-state index in [-0.39, 0.29) is 17.6 Å². The quantitative estimate of drug-likeness (QED) is 0.447. The normalized spacial score (nSPS) is 23.0. The van der Waals surface area contributed by atoms with Gasteiger partial charge in [0.05, 0.1) is 16.1 Å². The maximum Gasteiger partial charge on any atom is 0.122 e. The minimum Gasteiger partial charge on any atom is -0.508 e. The minimum atomic E-state index is -0.750. The van der Waals surface area contributed by atoms with Gasteiger partial charge in [0.25, 0.3) is 0 Å². The van der Waals surface area contributed by atoms with Crippen LogP contribution in [0.15, 0.2) is 23.4 Å². The zero-order valence-electron chi connectivity index (χ0n) is 13.8. The van der Waals surface area contributed by atoms with E-state index in [4.69, 9.17) is 17.1 Å². The van der Waals surface area contributed by atoms with Crippen LogP contribution in [0, 0.1) is 0 Å². The second-order valence-electron chi connectivity index (χ2n) is 6.09. The van der Waals surface area contributed by atoms with Crippen molar-refractivity contribution in [3.8, 4) is 11.5 Å². The van der Waals surface area contributed by atoms with Gasteiger partial charge in [-0.15, -0.1) is 0 Å². The minimum absolute atomic E-state index is 0.0388. The zero-order chi connectivity index (χ0) is 17.0. The first-order chi connectivity index (χ1) is 10.9. The first-order valence-electron chi connectivity index (χ1n) is 7.89. The molecule has 2 rings (SSSR count). The highest BCUT2D eigenvalue weighted by atomic mass is 32.1. The molecule has 0 radical (unpaired) electrons. The summed E-state index contributed by atoms with van der Waals surface area (Å²) in [5.41, 5.74) is 0.611. The maximum atomic E-state index is 10.4. The largest absolute Gasteiger partial charge is 0.508 e. The van der Waals surface area contributed by atoms with E-state index in [0.717, 1.165) is 25.0 Å². The molecule has 0 aliphatic heterocycles. The standard InChI is InChI=1S/C17H24N2O3S/c1-11(2)22-19-15-6-4-5-9-17(15,16(23)18-3)13-10-12(20)7-8-14(13)21/h7-8,10-11,20-21H,4-6,9H2,1-3H3,(H,18,23). The molecule has 1 unspecified atom stereocenters. The van der Waals surface area contributed by atoms with Crippen LogP contribution in [-0.2, 0) is 10.3 Å². The Balaban J connectivity index is 2.63. The first kappa shape index (κ1) is 17.5. The molecule has 0 aromatic heterocycles. The van der Waals surface area contributed by atoms with E-state index < -0.39 is 5.41 Å². The fourth-order valence-corrected chi connectivity index (χ4v) is 3.40. The molecule has 0 saturated heterocycles. The van der Waals surface area contributed by atoms with Crippen LogP contribution in [0.4, 0.5) is 0 Å². The molecule has 1 aliphatic carbocycles. The highest BCUT2D eigenvalue weighted by molar-refractivity contribution is 7.80. The van der Waals surface area contributed by atoms with Crippen molar-refractivity contribution in [3.63, 3.8) is 0 Å². The van der Waals surface area contributed by atoms with Crippen LogP contribution in [0.2, 0.25) is 0 Å². The van der Waals surface area contributed by atoms with Gasteiger partial charge in [0.2, 0.25) is 0 Å². The van der Waals surface area contributed by atoms with Crippen molar-refractivity contribution < 1.29 is 15.1 Å². The fraction of sp³-hybridized carbons (Fsp3) is 0.529. The van der Waals surface area contributed by atoms with E-state index in [2.05, 4.69) is 10.5 Å². The molecule has 1 saturated carbocycles. The number of nitrogens with one attached hydrogen (secondary N) is 1. The van der Waals surface area contributed by atoms with Gasteiger partial charge in [0.1, 0.15) is 17.6 Å². The first-order valence-corrected chi connectivity index (χ1v) is 8.30. The molecule has 1 aromatic carbocycles. The summed E-state index contributed by atoms with van der Waals surface area (Å²) in [5.74, 6) is 0.185. The van der Waals surface area contributed by atoms with Crippen LogP contribution in [0.3, 0.4) is 0 Å². The third kappa shape index (κ3) is 3.42. The van der Waals surface area contributed by atoms with E-state index in [1.54, 1.807) is 13.1 Å². The number of phenols is 2. The maximum absolute atomic E-state index is 10.4. The van der Waals surface area contributed by atoms with Gasteiger partial charge in [-0.05, 0) is 51.3 Å². The van der Waals surface area contributed by atoms with Gasteiger partial charge in [0.15, 0.2) is 0 Å². The number of aromatic hydroxyl groups is 2. The summed E-state index contributed by atoms with van der Waals surface area (Å²) in [5, 5.41) is 27.7. The fourth-order valence-electron chi connectivity index (χ4n) is 3.07. The molecule has 0 bridgehead atoms. The lowest BCUT2D eigenvalue weighted by atomic mass is 9.67. The molecular weight excluding hydrogens is 312 g/mol. The lowest BCUT2D eigenvalue weighted by Crippen LogP contribution is -2.50. The summed E-state index contributed by atoms with van der Waals surface area (Å²) in [6.07, 6.45) is 3.36. The lowest BCUT2D eigenvalue weighted by molar-refractivity contribution is 0.0836. The molecule has 0 heterocycles. The van der Waals surface area contributed by atoms with Crippen molar-refractivity contribution in [1.82, 2.24) is 5.32 Å². The zero-order valence-corrected chi connectivity index (χ0v) is 14.6. The van der Waals surface area contributed by atoms with E-state index >= 15 is 0 Å². The Morgan fingerprint density at radius 1 is 1.35 bits per heavy atom. The molecule has 6 heteroatoms. The third-order valence-corrected chi connectivity index (χ3v) is 4.69. The number of benzene rings is 1. The Kier molecular flexibility index (Phi) is 5.46.